The average molecular weight is 306 g/mol. The lowest BCUT2D eigenvalue weighted by Crippen LogP contribution is -2.35. The third-order valence-electron chi connectivity index (χ3n) is 1.87. The van der Waals surface area contributed by atoms with E-state index in [1.807, 2.05) is 0 Å². The van der Waals surface area contributed by atoms with Gasteiger partial charge in [0.1, 0.15) is 0 Å². The number of likely N-dealkylation sites (N-methyl/N-ethyl adjacent to an activating group) is 1. The lowest BCUT2D eigenvalue weighted by Gasteiger charge is -2.05. The Morgan fingerprint density at radius 3 is 2.69 bits per heavy atom. The van der Waals surface area contributed by atoms with Crippen LogP contribution in [0.2, 0.25) is 5.02 Å². The van der Waals surface area contributed by atoms with Gasteiger partial charge in [0.2, 0.25) is 5.91 Å². The summed E-state index contributed by atoms with van der Waals surface area (Å²) in [5.74, 6) is -0.567. The highest BCUT2D eigenvalue weighted by Gasteiger charge is 2.08. The molecule has 0 aromatic heterocycles. The number of nitrogens with one attached hydrogen (secondary N) is 2. The number of halogens is 2. The molecule has 0 saturated heterocycles. The summed E-state index contributed by atoms with van der Waals surface area (Å²) in [6.45, 7) is -0.0461. The lowest BCUT2D eigenvalue weighted by atomic mass is 10.2. The van der Waals surface area contributed by atoms with Crippen LogP contribution >= 0.6 is 27.5 Å². The van der Waals surface area contributed by atoms with E-state index in [-0.39, 0.29) is 18.4 Å². The Bertz CT molecular complexity index is 423. The molecule has 4 nitrogen and oxygen atoms in total. The molecule has 0 atom stereocenters. The lowest BCUT2D eigenvalue weighted by molar-refractivity contribution is -0.119. The summed E-state index contributed by atoms with van der Waals surface area (Å²) in [6.07, 6.45) is 0. The molecule has 0 bridgehead atoms. The monoisotopic (exact) mass is 304 g/mol. The molecule has 0 aliphatic rings. The molecule has 86 valence electrons. The topological polar surface area (TPSA) is 58.2 Å². The van der Waals surface area contributed by atoms with Crippen molar-refractivity contribution in [2.45, 2.75) is 0 Å². The van der Waals surface area contributed by atoms with E-state index in [2.05, 4.69) is 26.6 Å². The van der Waals surface area contributed by atoms with Crippen LogP contribution in [0.1, 0.15) is 10.4 Å². The quantitative estimate of drug-likeness (QED) is 0.891. The van der Waals surface area contributed by atoms with Gasteiger partial charge in [-0.05, 0) is 34.1 Å². The van der Waals surface area contributed by atoms with Crippen molar-refractivity contribution in [2.24, 2.45) is 0 Å². The molecule has 0 spiro atoms. The fourth-order valence-electron chi connectivity index (χ4n) is 0.988. The first-order valence-corrected chi connectivity index (χ1v) is 5.65. The largest absolute Gasteiger partial charge is 0.358 e. The fraction of sp³-hybridized carbons (Fsp3) is 0.200. The van der Waals surface area contributed by atoms with Crippen molar-refractivity contribution in [2.75, 3.05) is 13.6 Å². The smallest absolute Gasteiger partial charge is 0.251 e. The predicted octanol–water partition coefficient (Wildman–Crippen LogP) is 1.58. The van der Waals surface area contributed by atoms with Gasteiger partial charge in [-0.1, -0.05) is 11.6 Å². The van der Waals surface area contributed by atoms with Crippen LogP contribution in [0, 0.1) is 0 Å². The Hall–Kier alpha value is -1.07. The fourth-order valence-corrected chi connectivity index (χ4v) is 1.48. The number of carbonyl (C=O) groups excluding carboxylic acids is 2. The van der Waals surface area contributed by atoms with Crippen molar-refractivity contribution in [3.05, 3.63) is 33.3 Å². The maximum Gasteiger partial charge on any atom is 0.251 e. The molecule has 0 aliphatic carbocycles. The summed E-state index contributed by atoms with van der Waals surface area (Å²) >= 11 is 9.01. The van der Waals surface area contributed by atoms with E-state index in [9.17, 15) is 9.59 Å². The molecule has 1 rings (SSSR count). The Labute approximate surface area is 106 Å². The van der Waals surface area contributed by atoms with Crippen LogP contribution in [0.4, 0.5) is 0 Å². The summed E-state index contributed by atoms with van der Waals surface area (Å²) in [4.78, 5) is 22.5. The molecule has 2 amide bonds. The van der Waals surface area contributed by atoms with Crippen LogP contribution in [-0.4, -0.2) is 25.4 Å². The van der Waals surface area contributed by atoms with Crippen molar-refractivity contribution < 1.29 is 9.59 Å². The second-order valence-electron chi connectivity index (χ2n) is 2.98. The Balaban J connectivity index is 2.66. The molecule has 0 fully saturated rings. The van der Waals surface area contributed by atoms with Crippen molar-refractivity contribution >= 4 is 39.3 Å². The molecule has 1 aromatic rings. The minimum Gasteiger partial charge on any atom is -0.358 e. The predicted molar refractivity (Wildman–Crippen MR) is 65.6 cm³/mol. The third-order valence-corrected chi connectivity index (χ3v) is 3.08. The van der Waals surface area contributed by atoms with E-state index in [1.54, 1.807) is 18.2 Å². The van der Waals surface area contributed by atoms with Crippen molar-refractivity contribution in [1.82, 2.24) is 10.6 Å². The number of carbonyl (C=O) groups is 2. The average Bonchev–Trinajstić information content (AvgIpc) is 2.29. The normalized spacial score (nSPS) is 9.69. The molecule has 16 heavy (non-hydrogen) atoms. The molecule has 0 radical (unpaired) electrons. The van der Waals surface area contributed by atoms with E-state index < -0.39 is 0 Å². The van der Waals surface area contributed by atoms with E-state index in [0.29, 0.717) is 15.1 Å². The van der Waals surface area contributed by atoms with Gasteiger partial charge in [-0.15, -0.1) is 0 Å². The second-order valence-corrected chi connectivity index (χ2v) is 4.25. The number of amides is 2. The van der Waals surface area contributed by atoms with Gasteiger partial charge in [-0.25, -0.2) is 0 Å². The zero-order chi connectivity index (χ0) is 12.1. The Kier molecular flexibility index (Phi) is 4.76. The molecule has 6 heteroatoms. The number of hydrogen-bond donors (Lipinski definition) is 2. The van der Waals surface area contributed by atoms with Gasteiger partial charge in [0.05, 0.1) is 11.6 Å². The first-order valence-electron chi connectivity index (χ1n) is 4.48. The molecular formula is C10H10BrClN2O2. The van der Waals surface area contributed by atoms with Crippen LogP contribution in [-0.2, 0) is 4.79 Å². The van der Waals surface area contributed by atoms with Crippen LogP contribution in [0.3, 0.4) is 0 Å². The number of benzene rings is 1. The zero-order valence-electron chi connectivity index (χ0n) is 8.51. The van der Waals surface area contributed by atoms with Crippen molar-refractivity contribution in [1.29, 1.82) is 0 Å². The summed E-state index contributed by atoms with van der Waals surface area (Å²) in [5, 5.41) is 5.42. The Morgan fingerprint density at radius 2 is 2.12 bits per heavy atom. The van der Waals surface area contributed by atoms with Gasteiger partial charge in [0, 0.05) is 17.1 Å². The van der Waals surface area contributed by atoms with Crippen LogP contribution in [0.15, 0.2) is 22.7 Å². The third kappa shape index (κ3) is 3.50. The Morgan fingerprint density at radius 1 is 1.44 bits per heavy atom. The van der Waals surface area contributed by atoms with Crippen LogP contribution in [0.5, 0.6) is 0 Å². The summed E-state index contributed by atoms with van der Waals surface area (Å²) in [5.41, 5.74) is 0.445. The standard InChI is InChI=1S/C10H10BrClN2O2/c1-13-9(15)5-14-10(16)6-2-3-8(12)7(11)4-6/h2-4H,5H2,1H3,(H,13,15)(H,14,16). The maximum absolute atomic E-state index is 11.6. The van der Waals surface area contributed by atoms with Gasteiger partial charge in [-0.3, -0.25) is 9.59 Å². The van der Waals surface area contributed by atoms with Crippen LogP contribution < -0.4 is 10.6 Å². The molecule has 1 aromatic carbocycles. The minimum absolute atomic E-state index is 0.0461. The molecular weight excluding hydrogens is 295 g/mol. The minimum atomic E-state index is -0.319. The number of rotatable bonds is 3. The zero-order valence-corrected chi connectivity index (χ0v) is 10.9. The molecule has 0 aliphatic heterocycles. The molecule has 0 unspecified atom stereocenters. The second kappa shape index (κ2) is 5.86. The molecule has 0 saturated carbocycles. The van der Waals surface area contributed by atoms with E-state index in [4.69, 9.17) is 11.6 Å². The highest BCUT2D eigenvalue weighted by molar-refractivity contribution is 9.10. The molecule has 2 N–H and O–H groups in total. The van der Waals surface area contributed by atoms with Crippen molar-refractivity contribution in [3.63, 3.8) is 0 Å². The summed E-state index contributed by atoms with van der Waals surface area (Å²) in [6, 6.07) is 4.80. The summed E-state index contributed by atoms with van der Waals surface area (Å²) < 4.78 is 0.641. The SMILES string of the molecule is CNC(=O)CNC(=O)c1ccc(Cl)c(Br)c1. The van der Waals surface area contributed by atoms with Gasteiger partial charge in [0.25, 0.3) is 5.91 Å². The maximum atomic E-state index is 11.6. The van der Waals surface area contributed by atoms with E-state index in [0.717, 1.165) is 0 Å². The van der Waals surface area contributed by atoms with Gasteiger partial charge in [0.15, 0.2) is 0 Å². The molecule has 0 heterocycles. The van der Waals surface area contributed by atoms with Gasteiger partial charge in [-0.2, -0.15) is 0 Å². The first kappa shape index (κ1) is 13.0. The van der Waals surface area contributed by atoms with Gasteiger partial charge < -0.3 is 10.6 Å². The highest BCUT2D eigenvalue weighted by Crippen LogP contribution is 2.22. The first-order chi connectivity index (χ1) is 7.54. The highest BCUT2D eigenvalue weighted by atomic mass is 79.9. The van der Waals surface area contributed by atoms with Gasteiger partial charge >= 0.3 is 0 Å². The van der Waals surface area contributed by atoms with E-state index in [1.165, 1.54) is 7.05 Å². The van der Waals surface area contributed by atoms with E-state index >= 15 is 0 Å². The summed E-state index contributed by atoms with van der Waals surface area (Å²) in [7, 11) is 1.51. The van der Waals surface area contributed by atoms with Crippen molar-refractivity contribution in [3.8, 4) is 0 Å². The van der Waals surface area contributed by atoms with Crippen LogP contribution in [0.25, 0.3) is 0 Å². The number of hydrogen-bond acceptors (Lipinski definition) is 2.